The van der Waals surface area contributed by atoms with Gasteiger partial charge in [-0.15, -0.1) is 0 Å². The van der Waals surface area contributed by atoms with E-state index in [0.29, 0.717) is 0 Å². The molecule has 2 nitrogen and oxygen atoms in total. The molecule has 0 saturated heterocycles. The smallest absolute Gasteiger partial charge is 0.0778 e. The van der Waals surface area contributed by atoms with Crippen molar-refractivity contribution in [3.63, 3.8) is 0 Å². The number of halogens is 1. The van der Waals surface area contributed by atoms with E-state index in [0.717, 1.165) is 11.9 Å². The van der Waals surface area contributed by atoms with Gasteiger partial charge in [-0.3, -0.25) is 0 Å². The zero-order valence-electron chi connectivity index (χ0n) is 3.70. The van der Waals surface area contributed by atoms with Crippen molar-refractivity contribution in [3.05, 3.63) is 0 Å². The first kappa shape index (κ1) is 6.40. The van der Waals surface area contributed by atoms with E-state index in [1.807, 2.05) is 0 Å². The molecule has 0 aromatic carbocycles. The molecule has 0 heterocycles. The third kappa shape index (κ3) is 4.40. The third-order valence-corrected chi connectivity index (χ3v) is 0.647. The van der Waals surface area contributed by atoms with Crippen molar-refractivity contribution >= 4 is 15.9 Å². The molecule has 0 unspecified atom stereocenters. The molecule has 3 heteroatoms. The Morgan fingerprint density at radius 1 is 1.83 bits per heavy atom. The van der Waals surface area contributed by atoms with Crippen LogP contribution in [-0.2, 0) is 4.84 Å². The molecular formula is C3H8BrNO. The minimum Gasteiger partial charge on any atom is -0.301 e. The molecule has 0 bridgehead atoms. The summed E-state index contributed by atoms with van der Waals surface area (Å²) in [7, 11) is 1.74. The minimum atomic E-state index is 0.719. The van der Waals surface area contributed by atoms with Crippen molar-refractivity contribution in [3.8, 4) is 0 Å². The van der Waals surface area contributed by atoms with E-state index in [9.17, 15) is 0 Å². The van der Waals surface area contributed by atoms with Gasteiger partial charge < -0.3 is 4.84 Å². The zero-order valence-corrected chi connectivity index (χ0v) is 5.29. The Labute approximate surface area is 46.0 Å². The van der Waals surface area contributed by atoms with Gasteiger partial charge in [0.2, 0.25) is 0 Å². The number of rotatable bonds is 3. The van der Waals surface area contributed by atoms with Gasteiger partial charge in [-0.2, -0.15) is 0 Å². The van der Waals surface area contributed by atoms with E-state index in [1.54, 1.807) is 7.05 Å². The lowest BCUT2D eigenvalue weighted by Gasteiger charge is -1.92. The van der Waals surface area contributed by atoms with Crippen molar-refractivity contribution in [1.82, 2.24) is 5.48 Å². The lowest BCUT2D eigenvalue weighted by atomic mass is 10.9. The first-order chi connectivity index (χ1) is 2.91. The summed E-state index contributed by atoms with van der Waals surface area (Å²) in [5, 5.41) is 0.883. The molecule has 0 aliphatic heterocycles. The van der Waals surface area contributed by atoms with Gasteiger partial charge in [-0.1, -0.05) is 15.9 Å². The highest BCUT2D eigenvalue weighted by molar-refractivity contribution is 9.09. The minimum absolute atomic E-state index is 0.719. The van der Waals surface area contributed by atoms with Crippen molar-refractivity contribution in [1.29, 1.82) is 0 Å². The Bertz CT molecular complexity index is 22.8. The summed E-state index contributed by atoms with van der Waals surface area (Å²) >= 11 is 3.19. The van der Waals surface area contributed by atoms with E-state index >= 15 is 0 Å². The highest BCUT2D eigenvalue weighted by Crippen LogP contribution is 1.75. The number of alkyl halides is 1. The van der Waals surface area contributed by atoms with E-state index in [1.165, 1.54) is 0 Å². The Morgan fingerprint density at radius 3 is 2.67 bits per heavy atom. The second-order valence-electron chi connectivity index (χ2n) is 0.742. The summed E-state index contributed by atoms with van der Waals surface area (Å²) in [4.78, 5) is 4.69. The van der Waals surface area contributed by atoms with Gasteiger partial charge in [-0.05, 0) is 0 Å². The number of hydrogen-bond donors (Lipinski definition) is 1. The summed E-state index contributed by atoms with van der Waals surface area (Å²) in [5.74, 6) is 0. The number of hydrogen-bond acceptors (Lipinski definition) is 2. The third-order valence-electron chi connectivity index (χ3n) is 0.324. The molecule has 1 N–H and O–H groups in total. The monoisotopic (exact) mass is 153 g/mol. The molecule has 0 rings (SSSR count). The van der Waals surface area contributed by atoms with Crippen LogP contribution < -0.4 is 5.48 Å². The van der Waals surface area contributed by atoms with Crippen LogP contribution in [0.2, 0.25) is 0 Å². The normalized spacial score (nSPS) is 9.00. The molecule has 38 valence electrons. The van der Waals surface area contributed by atoms with Crippen molar-refractivity contribution in [2.24, 2.45) is 0 Å². The standard InChI is InChI=1S/C3H8BrNO/c1-5-6-3-2-4/h5H,2-3H2,1H3. The fraction of sp³-hybridized carbons (Fsp3) is 1.00. The molecule has 6 heavy (non-hydrogen) atoms. The van der Waals surface area contributed by atoms with Crippen LogP contribution in [-0.4, -0.2) is 19.0 Å². The van der Waals surface area contributed by atoms with Crippen LogP contribution in [0.15, 0.2) is 0 Å². The summed E-state index contributed by atoms with van der Waals surface area (Å²) in [6, 6.07) is 0. The molecule has 0 radical (unpaired) electrons. The summed E-state index contributed by atoms with van der Waals surface area (Å²) < 4.78 is 0. The Morgan fingerprint density at radius 2 is 2.50 bits per heavy atom. The van der Waals surface area contributed by atoms with Gasteiger partial charge in [0.25, 0.3) is 0 Å². The Balaban J connectivity index is 2.34. The highest BCUT2D eigenvalue weighted by atomic mass is 79.9. The maximum absolute atomic E-state index is 4.69. The molecule has 0 aliphatic rings. The Hall–Kier alpha value is 0.400. The first-order valence-electron chi connectivity index (χ1n) is 1.76. The molecule has 0 aromatic heterocycles. The maximum atomic E-state index is 4.69. The van der Waals surface area contributed by atoms with Crippen molar-refractivity contribution in [2.45, 2.75) is 0 Å². The average molecular weight is 154 g/mol. The van der Waals surface area contributed by atoms with E-state index in [2.05, 4.69) is 26.2 Å². The maximum Gasteiger partial charge on any atom is 0.0778 e. The zero-order chi connectivity index (χ0) is 4.83. The lowest BCUT2D eigenvalue weighted by molar-refractivity contribution is 0.0713. The molecule has 0 saturated carbocycles. The molecule has 0 amide bonds. The average Bonchev–Trinajstić information content (AvgIpc) is 1.61. The predicted octanol–water partition coefficient (Wildman–Crippen LogP) is 0.532. The van der Waals surface area contributed by atoms with Gasteiger partial charge in [-0.25, -0.2) is 5.48 Å². The van der Waals surface area contributed by atoms with Crippen LogP contribution in [0, 0.1) is 0 Å². The quantitative estimate of drug-likeness (QED) is 0.363. The largest absolute Gasteiger partial charge is 0.301 e. The topological polar surface area (TPSA) is 21.3 Å². The fourth-order valence-corrected chi connectivity index (χ4v) is 0.303. The van der Waals surface area contributed by atoms with Gasteiger partial charge in [0.1, 0.15) is 0 Å². The van der Waals surface area contributed by atoms with E-state index < -0.39 is 0 Å². The molecule has 0 fully saturated rings. The molecule has 0 atom stereocenters. The SMILES string of the molecule is CNOCCBr. The second-order valence-corrected chi connectivity index (χ2v) is 1.53. The summed E-state index contributed by atoms with van der Waals surface area (Å²) in [6.07, 6.45) is 0. The van der Waals surface area contributed by atoms with Crippen LogP contribution in [0.5, 0.6) is 0 Å². The number of hydroxylamine groups is 1. The van der Waals surface area contributed by atoms with Crippen LogP contribution in [0.25, 0.3) is 0 Å². The molecule has 0 aromatic rings. The van der Waals surface area contributed by atoms with Crippen LogP contribution in [0.4, 0.5) is 0 Å². The Kier molecular flexibility index (Phi) is 5.76. The van der Waals surface area contributed by atoms with E-state index in [4.69, 9.17) is 0 Å². The number of nitrogens with one attached hydrogen (secondary N) is 1. The van der Waals surface area contributed by atoms with Gasteiger partial charge in [0.05, 0.1) is 6.61 Å². The summed E-state index contributed by atoms with van der Waals surface area (Å²) in [6.45, 7) is 0.719. The lowest BCUT2D eigenvalue weighted by Crippen LogP contribution is -2.08. The van der Waals surface area contributed by atoms with Crippen molar-refractivity contribution < 1.29 is 4.84 Å². The van der Waals surface area contributed by atoms with E-state index in [-0.39, 0.29) is 0 Å². The first-order valence-corrected chi connectivity index (χ1v) is 2.88. The molecule has 0 spiro atoms. The molecule has 0 aliphatic carbocycles. The van der Waals surface area contributed by atoms with Gasteiger partial charge in [0, 0.05) is 12.4 Å². The predicted molar refractivity (Wildman–Crippen MR) is 28.8 cm³/mol. The van der Waals surface area contributed by atoms with Crippen LogP contribution in [0.3, 0.4) is 0 Å². The van der Waals surface area contributed by atoms with Gasteiger partial charge in [0.15, 0.2) is 0 Å². The highest BCUT2D eigenvalue weighted by Gasteiger charge is 1.73. The second kappa shape index (κ2) is 5.40. The fourth-order valence-electron chi connectivity index (χ4n) is 0.141. The van der Waals surface area contributed by atoms with Crippen LogP contribution in [0.1, 0.15) is 0 Å². The van der Waals surface area contributed by atoms with Crippen LogP contribution >= 0.6 is 15.9 Å². The van der Waals surface area contributed by atoms with Gasteiger partial charge >= 0.3 is 0 Å². The summed E-state index contributed by atoms with van der Waals surface area (Å²) in [5.41, 5.74) is 2.54. The van der Waals surface area contributed by atoms with Crippen molar-refractivity contribution in [2.75, 3.05) is 19.0 Å². The molecular weight excluding hydrogens is 146 g/mol.